The summed E-state index contributed by atoms with van der Waals surface area (Å²) < 4.78 is 9.30. The van der Waals surface area contributed by atoms with Gasteiger partial charge in [0, 0.05) is 12.7 Å². The van der Waals surface area contributed by atoms with Crippen molar-refractivity contribution in [1.82, 2.24) is 19.6 Å². The van der Waals surface area contributed by atoms with Crippen molar-refractivity contribution in [3.63, 3.8) is 0 Å². The van der Waals surface area contributed by atoms with E-state index in [0.29, 0.717) is 0 Å². The standard InChI is InChI=1S/C19H18N4O/c1-24-16-10-8-15(9-11-16)12-14-22-13-4-7-19(22)23-18-6-3-2-5-17(18)20-21-23/h2-11,13H,12,14H2,1H3. The summed E-state index contributed by atoms with van der Waals surface area (Å²) in [6, 6.07) is 20.3. The number of ether oxygens (including phenoxy) is 1. The fourth-order valence-electron chi connectivity index (χ4n) is 2.87. The monoisotopic (exact) mass is 318 g/mol. The highest BCUT2D eigenvalue weighted by molar-refractivity contribution is 5.75. The Bertz CT molecular complexity index is 953. The van der Waals surface area contributed by atoms with E-state index in [-0.39, 0.29) is 0 Å². The molecule has 0 amide bonds. The molecule has 0 aliphatic carbocycles. The lowest BCUT2D eigenvalue weighted by Crippen LogP contribution is -2.08. The van der Waals surface area contributed by atoms with Crippen LogP contribution in [-0.4, -0.2) is 26.7 Å². The van der Waals surface area contributed by atoms with Crippen molar-refractivity contribution in [3.05, 3.63) is 72.4 Å². The molecule has 0 saturated carbocycles. The Morgan fingerprint density at radius 2 is 1.79 bits per heavy atom. The molecule has 5 heteroatoms. The highest BCUT2D eigenvalue weighted by Gasteiger charge is 2.09. The van der Waals surface area contributed by atoms with Gasteiger partial charge < -0.3 is 9.30 Å². The summed E-state index contributed by atoms with van der Waals surface area (Å²) in [6.45, 7) is 0.878. The lowest BCUT2D eigenvalue weighted by atomic mass is 10.1. The van der Waals surface area contributed by atoms with Gasteiger partial charge in [0.1, 0.15) is 17.1 Å². The van der Waals surface area contributed by atoms with E-state index in [1.807, 2.05) is 47.1 Å². The van der Waals surface area contributed by atoms with Crippen LogP contribution in [0.3, 0.4) is 0 Å². The third-order valence-electron chi connectivity index (χ3n) is 4.17. The zero-order chi connectivity index (χ0) is 16.4. The van der Waals surface area contributed by atoms with Crippen molar-refractivity contribution >= 4 is 11.0 Å². The van der Waals surface area contributed by atoms with Gasteiger partial charge in [0.15, 0.2) is 0 Å². The second-order valence-electron chi connectivity index (χ2n) is 5.65. The lowest BCUT2D eigenvalue weighted by molar-refractivity contribution is 0.414. The van der Waals surface area contributed by atoms with Crippen LogP contribution in [0.5, 0.6) is 5.75 Å². The number of hydrogen-bond acceptors (Lipinski definition) is 3. The number of benzene rings is 2. The van der Waals surface area contributed by atoms with E-state index in [2.05, 4.69) is 39.3 Å². The molecular weight excluding hydrogens is 300 g/mol. The highest BCUT2D eigenvalue weighted by atomic mass is 16.5. The molecule has 0 N–H and O–H groups in total. The molecule has 24 heavy (non-hydrogen) atoms. The quantitative estimate of drug-likeness (QED) is 0.566. The number of fused-ring (bicyclic) bond motifs is 1. The van der Waals surface area contributed by atoms with Gasteiger partial charge in [-0.3, -0.25) is 0 Å². The third-order valence-corrected chi connectivity index (χ3v) is 4.17. The Morgan fingerprint density at radius 3 is 2.62 bits per heavy atom. The summed E-state index contributed by atoms with van der Waals surface area (Å²) in [4.78, 5) is 0. The van der Waals surface area contributed by atoms with Crippen molar-refractivity contribution in [2.24, 2.45) is 0 Å². The van der Waals surface area contributed by atoms with E-state index in [9.17, 15) is 0 Å². The van der Waals surface area contributed by atoms with Gasteiger partial charge in [0.2, 0.25) is 0 Å². The SMILES string of the molecule is COc1ccc(CCn2cccc2-n2nnc3ccccc32)cc1. The van der Waals surface area contributed by atoms with Crippen LogP contribution < -0.4 is 4.74 Å². The van der Waals surface area contributed by atoms with Crippen LogP contribution in [0.1, 0.15) is 5.56 Å². The molecule has 0 unspecified atom stereocenters. The van der Waals surface area contributed by atoms with E-state index in [1.54, 1.807) is 7.11 Å². The molecule has 5 nitrogen and oxygen atoms in total. The summed E-state index contributed by atoms with van der Waals surface area (Å²) in [7, 11) is 1.68. The fraction of sp³-hybridized carbons (Fsp3) is 0.158. The van der Waals surface area contributed by atoms with Gasteiger partial charge in [-0.15, -0.1) is 5.10 Å². The molecule has 0 atom stereocenters. The molecule has 0 bridgehead atoms. The zero-order valence-corrected chi connectivity index (χ0v) is 13.5. The van der Waals surface area contributed by atoms with Crippen LogP contribution in [0.15, 0.2) is 66.9 Å². The summed E-state index contributed by atoms with van der Waals surface area (Å²) in [5.41, 5.74) is 3.20. The van der Waals surface area contributed by atoms with E-state index in [1.165, 1.54) is 5.56 Å². The molecular formula is C19H18N4O. The van der Waals surface area contributed by atoms with Crippen molar-refractivity contribution in [2.45, 2.75) is 13.0 Å². The third kappa shape index (κ3) is 2.65. The molecule has 2 aromatic heterocycles. The van der Waals surface area contributed by atoms with E-state index in [4.69, 9.17) is 4.74 Å². The molecule has 0 radical (unpaired) electrons. The minimum absolute atomic E-state index is 0.878. The average molecular weight is 318 g/mol. The molecule has 4 aromatic rings. The van der Waals surface area contributed by atoms with Crippen molar-refractivity contribution in [1.29, 1.82) is 0 Å². The normalized spacial score (nSPS) is 11.0. The van der Waals surface area contributed by atoms with E-state index >= 15 is 0 Å². The second kappa shape index (κ2) is 6.20. The van der Waals surface area contributed by atoms with Crippen LogP contribution in [0.2, 0.25) is 0 Å². The highest BCUT2D eigenvalue weighted by Crippen LogP contribution is 2.18. The maximum atomic E-state index is 5.20. The minimum atomic E-state index is 0.878. The Balaban J connectivity index is 1.58. The number of methoxy groups -OCH3 is 1. The topological polar surface area (TPSA) is 44.9 Å². The van der Waals surface area contributed by atoms with Crippen molar-refractivity contribution < 1.29 is 4.74 Å². The van der Waals surface area contributed by atoms with Crippen LogP contribution in [-0.2, 0) is 13.0 Å². The molecule has 120 valence electrons. The molecule has 0 aliphatic rings. The number of aromatic nitrogens is 4. The van der Waals surface area contributed by atoms with Gasteiger partial charge in [-0.05, 0) is 48.4 Å². The molecule has 0 spiro atoms. The van der Waals surface area contributed by atoms with Gasteiger partial charge in [0.05, 0.1) is 12.6 Å². The summed E-state index contributed by atoms with van der Waals surface area (Å²) in [5.74, 6) is 1.91. The molecule has 2 heterocycles. The zero-order valence-electron chi connectivity index (χ0n) is 13.5. The maximum Gasteiger partial charge on any atom is 0.136 e. The number of nitrogens with zero attached hydrogens (tertiary/aromatic N) is 4. The van der Waals surface area contributed by atoms with Crippen LogP contribution in [0, 0.1) is 0 Å². The number of aryl methyl sites for hydroxylation is 2. The Hall–Kier alpha value is -3.08. The average Bonchev–Trinajstić information content (AvgIpc) is 3.26. The first-order chi connectivity index (χ1) is 11.8. The number of para-hydroxylation sites is 1. The summed E-state index contributed by atoms with van der Waals surface area (Å²) in [5, 5.41) is 8.54. The van der Waals surface area contributed by atoms with Gasteiger partial charge >= 0.3 is 0 Å². The lowest BCUT2D eigenvalue weighted by Gasteiger charge is -2.10. The molecule has 2 aromatic carbocycles. The molecule has 0 fully saturated rings. The first kappa shape index (κ1) is 14.5. The maximum absolute atomic E-state index is 5.20. The predicted molar refractivity (Wildman–Crippen MR) is 93.6 cm³/mol. The molecule has 0 saturated heterocycles. The van der Waals surface area contributed by atoms with E-state index < -0.39 is 0 Å². The summed E-state index contributed by atoms with van der Waals surface area (Å²) in [6.07, 6.45) is 3.02. The van der Waals surface area contributed by atoms with Gasteiger partial charge in [-0.25, -0.2) is 0 Å². The Kier molecular flexibility index (Phi) is 3.75. The fourth-order valence-corrected chi connectivity index (χ4v) is 2.87. The Morgan fingerprint density at radius 1 is 0.958 bits per heavy atom. The Labute approximate surface area is 140 Å². The second-order valence-corrected chi connectivity index (χ2v) is 5.65. The molecule has 4 rings (SSSR count). The van der Waals surface area contributed by atoms with Gasteiger partial charge in [-0.1, -0.05) is 29.5 Å². The van der Waals surface area contributed by atoms with Crippen LogP contribution in [0.25, 0.3) is 16.9 Å². The summed E-state index contributed by atoms with van der Waals surface area (Å²) >= 11 is 0. The molecule has 0 aliphatic heterocycles. The number of hydrogen-bond donors (Lipinski definition) is 0. The van der Waals surface area contributed by atoms with Gasteiger partial charge in [-0.2, -0.15) is 4.68 Å². The predicted octanol–water partition coefficient (Wildman–Crippen LogP) is 3.47. The van der Waals surface area contributed by atoms with Gasteiger partial charge in [0.25, 0.3) is 0 Å². The number of rotatable bonds is 5. The van der Waals surface area contributed by atoms with Crippen LogP contribution in [0.4, 0.5) is 0 Å². The van der Waals surface area contributed by atoms with Crippen molar-refractivity contribution in [2.75, 3.05) is 7.11 Å². The first-order valence-corrected chi connectivity index (χ1v) is 7.94. The van der Waals surface area contributed by atoms with Crippen LogP contribution >= 0.6 is 0 Å². The minimum Gasteiger partial charge on any atom is -0.497 e. The first-order valence-electron chi connectivity index (χ1n) is 7.94. The smallest absolute Gasteiger partial charge is 0.136 e. The largest absolute Gasteiger partial charge is 0.497 e. The van der Waals surface area contributed by atoms with E-state index in [0.717, 1.165) is 35.6 Å². The van der Waals surface area contributed by atoms with Crippen molar-refractivity contribution in [3.8, 4) is 11.6 Å².